The molecule has 1 aliphatic heterocycles. The Balaban J connectivity index is 2.03. The zero-order chi connectivity index (χ0) is 26.3. The molecular weight excluding hydrogens is 522 g/mol. The highest BCUT2D eigenvalue weighted by Gasteiger charge is 2.52. The van der Waals surface area contributed by atoms with Crippen LogP contribution in [0.1, 0.15) is 5.56 Å². The minimum atomic E-state index is -5.22. The molecule has 16 heteroatoms. The van der Waals surface area contributed by atoms with Crippen LogP contribution in [0.5, 0.6) is 0 Å². The van der Waals surface area contributed by atoms with Gasteiger partial charge < -0.3 is 14.2 Å². The average Bonchev–Trinajstić information content (AvgIpc) is 2.80. The van der Waals surface area contributed by atoms with Crippen molar-refractivity contribution in [1.82, 2.24) is 0 Å². The highest BCUT2D eigenvalue weighted by Crippen LogP contribution is 2.32. The van der Waals surface area contributed by atoms with E-state index >= 15 is 0 Å². The number of ether oxygens (including phenoxy) is 3. The molecule has 0 unspecified atom stereocenters. The number of fused-ring (bicyclic) bond motifs is 1. The SMILES string of the molecule is C=CCO[C@H]1O[C@H](CN=[N+]=[N-])[C@@H](OCc2cccc3ccccc23)[C@H](OS(=O)(=O)O)[C@@H]1OS(=O)(=O)O. The van der Waals surface area contributed by atoms with Crippen LogP contribution in [0, 0.1) is 0 Å². The lowest BCUT2D eigenvalue weighted by atomic mass is 9.98. The molecule has 3 rings (SSSR count). The van der Waals surface area contributed by atoms with Gasteiger partial charge in [-0.25, -0.2) is 8.37 Å². The van der Waals surface area contributed by atoms with Gasteiger partial charge in [-0.2, -0.15) is 16.8 Å². The van der Waals surface area contributed by atoms with Crippen LogP contribution >= 0.6 is 0 Å². The fourth-order valence-electron chi connectivity index (χ4n) is 3.74. The van der Waals surface area contributed by atoms with E-state index in [4.69, 9.17) is 23.9 Å². The van der Waals surface area contributed by atoms with Crippen molar-refractivity contribution < 1.29 is 48.5 Å². The summed E-state index contributed by atoms with van der Waals surface area (Å²) in [7, 11) is -10.4. The molecule has 2 aromatic rings. The molecule has 0 aromatic heterocycles. The molecule has 0 spiro atoms. The highest BCUT2D eigenvalue weighted by atomic mass is 32.3. The lowest BCUT2D eigenvalue weighted by Crippen LogP contribution is -2.62. The molecule has 1 heterocycles. The van der Waals surface area contributed by atoms with Gasteiger partial charge in [0, 0.05) is 4.91 Å². The fraction of sp³-hybridized carbons (Fsp3) is 0.400. The number of hydrogen-bond donors (Lipinski definition) is 2. The van der Waals surface area contributed by atoms with Gasteiger partial charge in [0.05, 0.1) is 25.9 Å². The van der Waals surface area contributed by atoms with Crippen molar-refractivity contribution >= 4 is 31.6 Å². The molecule has 1 aliphatic rings. The third-order valence-corrected chi connectivity index (χ3v) is 6.00. The third kappa shape index (κ3) is 7.68. The Bertz CT molecular complexity index is 1320. The predicted octanol–water partition coefficient (Wildman–Crippen LogP) is 2.34. The van der Waals surface area contributed by atoms with Crippen LogP contribution < -0.4 is 0 Å². The second kappa shape index (κ2) is 12.1. The van der Waals surface area contributed by atoms with Crippen molar-refractivity contribution in [1.29, 1.82) is 0 Å². The maximum Gasteiger partial charge on any atom is 0.397 e. The second-order valence-electron chi connectivity index (χ2n) is 7.47. The molecule has 1 saturated heterocycles. The van der Waals surface area contributed by atoms with Crippen LogP contribution in [0.4, 0.5) is 0 Å². The summed E-state index contributed by atoms with van der Waals surface area (Å²) >= 11 is 0. The monoisotopic (exact) mass is 545 g/mol. The average molecular weight is 546 g/mol. The Morgan fingerprint density at radius 1 is 1.00 bits per heavy atom. The van der Waals surface area contributed by atoms with E-state index in [-0.39, 0.29) is 13.2 Å². The van der Waals surface area contributed by atoms with E-state index in [1.165, 1.54) is 6.08 Å². The summed E-state index contributed by atoms with van der Waals surface area (Å²) in [4.78, 5) is 2.65. The van der Waals surface area contributed by atoms with E-state index in [0.29, 0.717) is 5.56 Å². The molecular formula is C20H23N3O11S2. The molecule has 14 nitrogen and oxygen atoms in total. The van der Waals surface area contributed by atoms with E-state index in [2.05, 4.69) is 20.8 Å². The molecule has 0 aliphatic carbocycles. The maximum atomic E-state index is 11.7. The van der Waals surface area contributed by atoms with E-state index in [9.17, 15) is 25.9 Å². The van der Waals surface area contributed by atoms with Crippen LogP contribution in [0.25, 0.3) is 21.2 Å². The standard InChI is InChI=1S/C20H23N3O11S2/c1-2-10-30-20-19(34-36(27,28)29)18(33-35(24,25)26)17(16(32-20)11-22-23-21)31-12-14-8-5-7-13-6-3-4-9-15(13)14/h2-9,16-20H,1,10-12H2,(H,24,25,26)(H,27,28,29)/t16-,17-,18+,19+,20+/m1/s1. The molecule has 1 fully saturated rings. The Labute approximate surface area is 206 Å². The van der Waals surface area contributed by atoms with E-state index in [1.807, 2.05) is 30.3 Å². The Kier molecular flexibility index (Phi) is 9.37. The van der Waals surface area contributed by atoms with Gasteiger partial charge in [-0.1, -0.05) is 53.7 Å². The predicted molar refractivity (Wildman–Crippen MR) is 124 cm³/mol. The van der Waals surface area contributed by atoms with Crippen molar-refractivity contribution in [3.8, 4) is 0 Å². The van der Waals surface area contributed by atoms with Crippen LogP contribution in [0.2, 0.25) is 0 Å². The van der Waals surface area contributed by atoms with Crippen LogP contribution in [-0.2, 0) is 50.0 Å². The first-order valence-corrected chi connectivity index (χ1v) is 13.0. The molecule has 0 radical (unpaired) electrons. The summed E-state index contributed by atoms with van der Waals surface area (Å²) in [6.07, 6.45) is -7.04. The lowest BCUT2D eigenvalue weighted by molar-refractivity contribution is -0.290. The summed E-state index contributed by atoms with van der Waals surface area (Å²) in [5.41, 5.74) is 9.45. The Hall–Kier alpha value is -2.63. The number of benzene rings is 2. The Morgan fingerprint density at radius 3 is 2.33 bits per heavy atom. The van der Waals surface area contributed by atoms with Gasteiger partial charge in [0.25, 0.3) is 0 Å². The fourth-order valence-corrected chi connectivity index (χ4v) is 4.72. The van der Waals surface area contributed by atoms with Gasteiger partial charge in [0.1, 0.15) is 12.2 Å². The minimum Gasteiger partial charge on any atom is -0.368 e. The molecule has 0 bridgehead atoms. The second-order valence-corrected chi connectivity index (χ2v) is 9.57. The van der Waals surface area contributed by atoms with Crippen molar-refractivity contribution in [2.24, 2.45) is 5.11 Å². The van der Waals surface area contributed by atoms with Crippen LogP contribution in [0.15, 0.2) is 60.2 Å². The highest BCUT2D eigenvalue weighted by molar-refractivity contribution is 7.81. The minimum absolute atomic E-state index is 0.162. The van der Waals surface area contributed by atoms with Gasteiger partial charge in [-0.3, -0.25) is 9.11 Å². The largest absolute Gasteiger partial charge is 0.397 e. The molecule has 196 valence electrons. The Morgan fingerprint density at radius 2 is 1.67 bits per heavy atom. The van der Waals surface area contributed by atoms with E-state index < -0.39 is 58.0 Å². The molecule has 2 N–H and O–H groups in total. The summed E-state index contributed by atoms with van der Waals surface area (Å²) in [5.74, 6) is 0. The van der Waals surface area contributed by atoms with Gasteiger partial charge in [0.2, 0.25) is 0 Å². The normalized spacial score (nSPS) is 24.8. The first kappa shape index (κ1) is 27.9. The van der Waals surface area contributed by atoms with Crippen LogP contribution in [-0.4, -0.2) is 69.8 Å². The lowest BCUT2D eigenvalue weighted by Gasteiger charge is -2.43. The van der Waals surface area contributed by atoms with Gasteiger partial charge in [-0.15, -0.1) is 6.58 Å². The molecule has 36 heavy (non-hydrogen) atoms. The van der Waals surface area contributed by atoms with Crippen molar-refractivity contribution in [3.05, 3.63) is 71.1 Å². The quantitative estimate of drug-likeness (QED) is 0.130. The summed E-state index contributed by atoms with van der Waals surface area (Å²) < 4.78 is 91.4. The topological polar surface area (TPSA) is 204 Å². The van der Waals surface area contributed by atoms with Gasteiger partial charge in [-0.05, 0) is 21.9 Å². The van der Waals surface area contributed by atoms with Crippen molar-refractivity contribution in [3.63, 3.8) is 0 Å². The maximum absolute atomic E-state index is 11.7. The smallest absolute Gasteiger partial charge is 0.368 e. The van der Waals surface area contributed by atoms with Crippen molar-refractivity contribution in [2.75, 3.05) is 13.2 Å². The van der Waals surface area contributed by atoms with Gasteiger partial charge >= 0.3 is 20.8 Å². The number of azide groups is 1. The van der Waals surface area contributed by atoms with Crippen LogP contribution in [0.3, 0.4) is 0 Å². The van der Waals surface area contributed by atoms with E-state index in [1.54, 1.807) is 12.1 Å². The molecule has 2 aromatic carbocycles. The summed E-state index contributed by atoms with van der Waals surface area (Å²) in [5, 5.41) is 5.12. The zero-order valence-electron chi connectivity index (χ0n) is 18.6. The van der Waals surface area contributed by atoms with Crippen molar-refractivity contribution in [2.45, 2.75) is 37.3 Å². The van der Waals surface area contributed by atoms with Gasteiger partial charge in [0.15, 0.2) is 12.4 Å². The molecule has 0 saturated carbocycles. The van der Waals surface area contributed by atoms with E-state index in [0.717, 1.165) is 10.8 Å². The summed E-state index contributed by atoms with van der Waals surface area (Å²) in [6, 6.07) is 12.7. The number of nitrogens with zero attached hydrogens (tertiary/aromatic N) is 3. The molecule has 0 amide bonds. The summed E-state index contributed by atoms with van der Waals surface area (Å²) in [6.45, 7) is 2.64. The number of hydrogen-bond acceptors (Lipinski definition) is 10. The first-order valence-electron chi connectivity index (χ1n) is 10.3. The zero-order valence-corrected chi connectivity index (χ0v) is 20.2. The third-order valence-electron chi connectivity index (χ3n) is 5.07. The molecule has 5 atom stereocenters. The first-order chi connectivity index (χ1) is 17.0. The number of rotatable bonds is 12.